The van der Waals surface area contributed by atoms with Gasteiger partial charge in [0, 0.05) is 30.6 Å². The summed E-state index contributed by atoms with van der Waals surface area (Å²) in [6, 6.07) is 9.76. The molecule has 0 radical (unpaired) electrons. The zero-order chi connectivity index (χ0) is 15.5. The van der Waals surface area contributed by atoms with Crippen LogP contribution in [0.2, 0.25) is 0 Å². The Kier molecular flexibility index (Phi) is 4.58. The van der Waals surface area contributed by atoms with E-state index in [1.165, 1.54) is 0 Å². The molecule has 0 spiro atoms. The zero-order valence-electron chi connectivity index (χ0n) is 12.9. The van der Waals surface area contributed by atoms with Gasteiger partial charge in [-0.15, -0.1) is 0 Å². The number of rotatable bonds is 4. The molecule has 1 amide bonds. The summed E-state index contributed by atoms with van der Waals surface area (Å²) >= 11 is 0. The molecule has 1 heterocycles. The molecule has 2 aromatic rings. The minimum atomic E-state index is -0.150. The van der Waals surface area contributed by atoms with Crippen LogP contribution in [0, 0.1) is 5.41 Å². The van der Waals surface area contributed by atoms with Crippen molar-refractivity contribution >= 4 is 16.8 Å². The molecule has 0 aliphatic heterocycles. The fourth-order valence-corrected chi connectivity index (χ4v) is 2.08. The smallest absolute Gasteiger partial charge is 0.221 e. The van der Waals surface area contributed by atoms with Gasteiger partial charge in [-0.2, -0.15) is 0 Å². The van der Waals surface area contributed by atoms with Crippen molar-refractivity contribution in [3.63, 3.8) is 0 Å². The minimum absolute atomic E-state index is 0.0228. The summed E-state index contributed by atoms with van der Waals surface area (Å²) in [7, 11) is 0. The number of carbonyl (C=O) groups excluding carboxylic acids is 1. The van der Waals surface area contributed by atoms with Gasteiger partial charge in [0.2, 0.25) is 5.91 Å². The van der Waals surface area contributed by atoms with Crippen LogP contribution < -0.4 is 11.1 Å². The molecule has 3 N–H and O–H groups in total. The molecule has 1 atom stereocenters. The van der Waals surface area contributed by atoms with Gasteiger partial charge >= 0.3 is 0 Å². The van der Waals surface area contributed by atoms with E-state index in [1.807, 2.05) is 51.1 Å². The largest absolute Gasteiger partial charge is 0.352 e. The molecule has 21 heavy (non-hydrogen) atoms. The summed E-state index contributed by atoms with van der Waals surface area (Å²) < 4.78 is 0. The van der Waals surface area contributed by atoms with E-state index >= 15 is 0 Å². The predicted octanol–water partition coefficient (Wildman–Crippen LogP) is 2.61. The first-order valence-electron chi connectivity index (χ1n) is 7.23. The Morgan fingerprint density at radius 1 is 1.29 bits per heavy atom. The van der Waals surface area contributed by atoms with Crippen molar-refractivity contribution in [1.29, 1.82) is 0 Å². The third kappa shape index (κ3) is 4.02. The highest BCUT2D eigenvalue weighted by Gasteiger charge is 2.23. The molecule has 0 fully saturated rings. The van der Waals surface area contributed by atoms with Crippen molar-refractivity contribution in [3.05, 3.63) is 42.1 Å². The van der Waals surface area contributed by atoms with Gasteiger partial charge in [-0.05, 0) is 17.0 Å². The van der Waals surface area contributed by atoms with Crippen molar-refractivity contribution in [2.24, 2.45) is 11.1 Å². The molecule has 4 heteroatoms. The van der Waals surface area contributed by atoms with Crippen LogP contribution >= 0.6 is 0 Å². The van der Waals surface area contributed by atoms with E-state index in [0.717, 1.165) is 16.5 Å². The minimum Gasteiger partial charge on any atom is -0.352 e. The summed E-state index contributed by atoms with van der Waals surface area (Å²) in [5.41, 5.74) is 7.92. The summed E-state index contributed by atoms with van der Waals surface area (Å²) in [5.74, 6) is -0.0228. The highest BCUT2D eigenvalue weighted by molar-refractivity contribution is 5.82. The number of pyridine rings is 1. The first-order valence-corrected chi connectivity index (χ1v) is 7.23. The number of amides is 1. The van der Waals surface area contributed by atoms with Gasteiger partial charge in [0.25, 0.3) is 0 Å². The van der Waals surface area contributed by atoms with Crippen LogP contribution in [0.25, 0.3) is 10.9 Å². The Morgan fingerprint density at radius 2 is 2.00 bits per heavy atom. The average Bonchev–Trinajstić information content (AvgIpc) is 2.44. The van der Waals surface area contributed by atoms with Gasteiger partial charge in [-0.25, -0.2) is 0 Å². The molecule has 0 saturated carbocycles. The van der Waals surface area contributed by atoms with Crippen molar-refractivity contribution in [1.82, 2.24) is 10.3 Å². The van der Waals surface area contributed by atoms with Gasteiger partial charge in [0.05, 0.1) is 5.52 Å². The van der Waals surface area contributed by atoms with Gasteiger partial charge in [0.15, 0.2) is 0 Å². The molecule has 2 rings (SSSR count). The lowest BCUT2D eigenvalue weighted by atomic mass is 9.85. The molecule has 1 unspecified atom stereocenters. The van der Waals surface area contributed by atoms with E-state index in [0.29, 0.717) is 13.0 Å². The average molecular weight is 285 g/mol. The van der Waals surface area contributed by atoms with Crippen LogP contribution in [-0.2, 0) is 11.3 Å². The molecule has 0 bridgehead atoms. The second-order valence-electron chi connectivity index (χ2n) is 6.45. The zero-order valence-corrected chi connectivity index (χ0v) is 12.9. The summed E-state index contributed by atoms with van der Waals surface area (Å²) in [4.78, 5) is 16.4. The van der Waals surface area contributed by atoms with Gasteiger partial charge < -0.3 is 11.1 Å². The molecule has 1 aromatic heterocycles. The lowest BCUT2D eigenvalue weighted by Crippen LogP contribution is -2.40. The van der Waals surface area contributed by atoms with E-state index in [4.69, 9.17) is 5.73 Å². The molecular formula is C17H23N3O. The normalized spacial score (nSPS) is 13.1. The topological polar surface area (TPSA) is 68.0 Å². The van der Waals surface area contributed by atoms with Gasteiger partial charge in [-0.3, -0.25) is 9.78 Å². The van der Waals surface area contributed by atoms with Crippen LogP contribution in [0.15, 0.2) is 36.5 Å². The van der Waals surface area contributed by atoms with E-state index in [-0.39, 0.29) is 17.4 Å². The first-order chi connectivity index (χ1) is 9.88. The molecule has 0 saturated heterocycles. The first kappa shape index (κ1) is 15.4. The van der Waals surface area contributed by atoms with Gasteiger partial charge in [0.1, 0.15) is 0 Å². The molecular weight excluding hydrogens is 262 g/mol. The molecule has 1 aromatic carbocycles. The maximum absolute atomic E-state index is 12.0. The van der Waals surface area contributed by atoms with E-state index in [2.05, 4.69) is 10.3 Å². The predicted molar refractivity (Wildman–Crippen MR) is 85.6 cm³/mol. The summed E-state index contributed by atoms with van der Waals surface area (Å²) in [5, 5.41) is 4.01. The Bertz CT molecular complexity index is 626. The number of benzene rings is 1. The van der Waals surface area contributed by atoms with Crippen LogP contribution in [0.5, 0.6) is 0 Å². The number of hydrogen-bond donors (Lipinski definition) is 2. The highest BCUT2D eigenvalue weighted by atomic mass is 16.1. The summed E-state index contributed by atoms with van der Waals surface area (Å²) in [6.45, 7) is 6.60. The third-order valence-corrected chi connectivity index (χ3v) is 3.71. The Balaban J connectivity index is 2.01. The lowest BCUT2D eigenvalue weighted by Gasteiger charge is -2.26. The van der Waals surface area contributed by atoms with Crippen molar-refractivity contribution < 1.29 is 4.79 Å². The van der Waals surface area contributed by atoms with Crippen LogP contribution in [-0.4, -0.2) is 16.9 Å². The number of para-hydroxylation sites is 1. The number of carbonyl (C=O) groups is 1. The maximum atomic E-state index is 12.0. The fourth-order valence-electron chi connectivity index (χ4n) is 2.08. The number of hydrogen-bond acceptors (Lipinski definition) is 3. The van der Waals surface area contributed by atoms with E-state index in [9.17, 15) is 4.79 Å². The Morgan fingerprint density at radius 3 is 2.71 bits per heavy atom. The van der Waals surface area contributed by atoms with Crippen LogP contribution in [0.3, 0.4) is 0 Å². The maximum Gasteiger partial charge on any atom is 0.221 e. The second-order valence-corrected chi connectivity index (χ2v) is 6.45. The van der Waals surface area contributed by atoms with E-state index < -0.39 is 0 Å². The van der Waals surface area contributed by atoms with Crippen molar-refractivity contribution in [2.45, 2.75) is 39.8 Å². The molecule has 4 nitrogen and oxygen atoms in total. The number of nitrogens with two attached hydrogens (primary N) is 1. The monoisotopic (exact) mass is 285 g/mol. The van der Waals surface area contributed by atoms with E-state index in [1.54, 1.807) is 6.20 Å². The van der Waals surface area contributed by atoms with Crippen LogP contribution in [0.4, 0.5) is 0 Å². The molecule has 0 aliphatic carbocycles. The molecule has 112 valence electrons. The van der Waals surface area contributed by atoms with Crippen molar-refractivity contribution in [3.8, 4) is 0 Å². The number of nitrogens with zero attached hydrogens (tertiary/aromatic N) is 1. The fraction of sp³-hybridized carbons (Fsp3) is 0.412. The second kappa shape index (κ2) is 6.22. The quantitative estimate of drug-likeness (QED) is 0.907. The van der Waals surface area contributed by atoms with Crippen LogP contribution in [0.1, 0.15) is 32.8 Å². The summed E-state index contributed by atoms with van der Waals surface area (Å²) in [6.07, 6.45) is 2.10. The number of aromatic nitrogens is 1. The lowest BCUT2D eigenvalue weighted by molar-refractivity contribution is -0.122. The standard InChI is InChI=1S/C17H23N3O/c1-17(2,3)14(18)10-15(21)20-11-13-7-4-6-12-8-5-9-19-16(12)13/h4-9,14H,10-11,18H2,1-3H3,(H,20,21). The third-order valence-electron chi connectivity index (χ3n) is 3.71. The Hall–Kier alpha value is -1.94. The number of nitrogens with one attached hydrogen (secondary N) is 1. The number of fused-ring (bicyclic) bond motifs is 1. The molecule has 0 aliphatic rings. The Labute approximate surface area is 125 Å². The SMILES string of the molecule is CC(C)(C)C(N)CC(=O)NCc1cccc2cccnc12. The van der Waals surface area contributed by atoms with Gasteiger partial charge in [-0.1, -0.05) is 45.0 Å². The van der Waals surface area contributed by atoms with Crippen molar-refractivity contribution in [2.75, 3.05) is 0 Å². The highest BCUT2D eigenvalue weighted by Crippen LogP contribution is 2.20.